The molecule has 300 valence electrons. The maximum atomic E-state index is 5.52. The molecule has 0 N–H and O–H groups in total. The maximum absolute atomic E-state index is 5.52. The minimum absolute atomic E-state index is 0.930. The van der Waals surface area contributed by atoms with Gasteiger partial charge >= 0.3 is 0 Å². The van der Waals surface area contributed by atoms with Gasteiger partial charge in [0.15, 0.2) is 0 Å². The first-order valence-electron chi connectivity index (χ1n) is 21.8. The van der Waals surface area contributed by atoms with Gasteiger partial charge in [-0.3, -0.25) is 0 Å². The van der Waals surface area contributed by atoms with Gasteiger partial charge in [0.1, 0.15) is 0 Å². The molecule has 3 aromatic heterocycles. The fraction of sp³-hybridized carbons (Fsp3) is 0.0164. The standard InChI is InChI=1S/C61H40N2S/c1-39-53(37-56(63-60(39)45-21-9-4-10-22-45)44-30-28-41(29-31-44)40-16-5-2-6-17-40)47-34-46(50-25-15-26-52-51-24-13-14-27-58(51)64-61(50)52)35-48(36-47)57-38-54(42-18-7-3-8-19-42)59-49-23-12-11-20-43(49)32-33-55(59)62-57/h2-38H,1H3. The highest BCUT2D eigenvalue weighted by Gasteiger charge is 2.20. The zero-order valence-electron chi connectivity index (χ0n) is 35.2. The number of hydrogen-bond acceptors (Lipinski definition) is 3. The van der Waals surface area contributed by atoms with Crippen LogP contribution >= 0.6 is 11.3 Å². The summed E-state index contributed by atoms with van der Waals surface area (Å²) in [4.78, 5) is 10.9. The highest BCUT2D eigenvalue weighted by molar-refractivity contribution is 7.26. The zero-order valence-corrected chi connectivity index (χ0v) is 36.0. The first kappa shape index (κ1) is 37.8. The molecule has 12 aromatic rings. The second-order valence-electron chi connectivity index (χ2n) is 16.5. The van der Waals surface area contributed by atoms with Crippen LogP contribution in [0.2, 0.25) is 0 Å². The lowest BCUT2D eigenvalue weighted by molar-refractivity contribution is 1.27. The lowest BCUT2D eigenvalue weighted by Crippen LogP contribution is -1.97. The van der Waals surface area contributed by atoms with E-state index in [1.165, 1.54) is 64.1 Å². The summed E-state index contributed by atoms with van der Waals surface area (Å²) in [6.07, 6.45) is 0. The highest BCUT2D eigenvalue weighted by Crippen LogP contribution is 2.44. The van der Waals surface area contributed by atoms with Gasteiger partial charge in [0, 0.05) is 42.2 Å². The molecule has 0 spiro atoms. The number of aromatic nitrogens is 2. The van der Waals surface area contributed by atoms with Crippen LogP contribution in [0, 0.1) is 6.92 Å². The van der Waals surface area contributed by atoms with Crippen molar-refractivity contribution < 1.29 is 0 Å². The van der Waals surface area contributed by atoms with Crippen LogP contribution < -0.4 is 0 Å². The first-order valence-corrected chi connectivity index (χ1v) is 22.6. The largest absolute Gasteiger partial charge is 0.248 e. The Bertz CT molecular complexity index is 3700. The molecular formula is C61H40N2S. The molecule has 0 aliphatic carbocycles. The molecule has 12 rings (SSSR count). The SMILES string of the molecule is Cc1c(-c2cc(-c3cc(-c4ccccc4)c4c(ccc5ccccc54)n3)cc(-c3cccc4c3sc3ccccc34)c2)cc(-c2ccc(-c3ccccc3)cc2)nc1-c1ccccc1. The number of pyridine rings is 2. The normalized spacial score (nSPS) is 11.5. The van der Waals surface area contributed by atoms with Crippen molar-refractivity contribution in [1.82, 2.24) is 9.97 Å². The Morgan fingerprint density at radius 1 is 0.344 bits per heavy atom. The summed E-state index contributed by atoms with van der Waals surface area (Å²) in [6, 6.07) is 80.9. The van der Waals surface area contributed by atoms with Gasteiger partial charge in [-0.2, -0.15) is 0 Å². The van der Waals surface area contributed by atoms with Gasteiger partial charge in [-0.05, 0) is 110 Å². The van der Waals surface area contributed by atoms with Crippen molar-refractivity contribution in [3.05, 3.63) is 230 Å². The number of rotatable bonds is 7. The minimum atomic E-state index is 0.930. The van der Waals surface area contributed by atoms with Crippen LogP contribution in [-0.2, 0) is 0 Å². The molecule has 9 aromatic carbocycles. The predicted octanol–water partition coefficient (Wildman–Crippen LogP) is 17.1. The van der Waals surface area contributed by atoms with E-state index in [1.54, 1.807) is 0 Å². The Hall–Kier alpha value is -7.98. The van der Waals surface area contributed by atoms with E-state index in [4.69, 9.17) is 9.97 Å². The van der Waals surface area contributed by atoms with Gasteiger partial charge in [-0.25, -0.2) is 9.97 Å². The van der Waals surface area contributed by atoms with Crippen LogP contribution in [-0.4, -0.2) is 9.97 Å². The molecule has 0 fully saturated rings. The Balaban J connectivity index is 1.12. The van der Waals surface area contributed by atoms with E-state index >= 15 is 0 Å². The van der Waals surface area contributed by atoms with Crippen LogP contribution in [0.4, 0.5) is 0 Å². The van der Waals surface area contributed by atoms with Gasteiger partial charge in [0.2, 0.25) is 0 Å². The van der Waals surface area contributed by atoms with Crippen molar-refractivity contribution >= 4 is 53.2 Å². The molecule has 0 bridgehead atoms. The molecule has 0 unspecified atom stereocenters. The van der Waals surface area contributed by atoms with Crippen molar-refractivity contribution in [3.8, 4) is 78.3 Å². The van der Waals surface area contributed by atoms with E-state index in [2.05, 4.69) is 231 Å². The topological polar surface area (TPSA) is 25.8 Å². The molecule has 0 radical (unpaired) electrons. The Kier molecular flexibility index (Phi) is 9.28. The fourth-order valence-electron chi connectivity index (χ4n) is 9.46. The van der Waals surface area contributed by atoms with E-state index in [9.17, 15) is 0 Å². The summed E-state index contributed by atoms with van der Waals surface area (Å²) < 4.78 is 2.57. The molecule has 0 aliphatic rings. The van der Waals surface area contributed by atoms with Gasteiger partial charge in [-0.1, -0.05) is 182 Å². The average Bonchev–Trinajstić information content (AvgIpc) is 3.76. The molecule has 0 saturated heterocycles. The third kappa shape index (κ3) is 6.66. The summed E-state index contributed by atoms with van der Waals surface area (Å²) >= 11 is 1.87. The molecule has 3 heterocycles. The van der Waals surface area contributed by atoms with Crippen LogP contribution in [0.15, 0.2) is 224 Å². The van der Waals surface area contributed by atoms with Crippen molar-refractivity contribution in [1.29, 1.82) is 0 Å². The Morgan fingerprint density at radius 3 is 1.67 bits per heavy atom. The van der Waals surface area contributed by atoms with E-state index in [0.29, 0.717) is 0 Å². The lowest BCUT2D eigenvalue weighted by Gasteiger charge is -2.18. The van der Waals surface area contributed by atoms with Crippen molar-refractivity contribution in [2.24, 2.45) is 0 Å². The third-order valence-electron chi connectivity index (χ3n) is 12.6. The molecular weight excluding hydrogens is 793 g/mol. The molecule has 0 atom stereocenters. The number of hydrogen-bond donors (Lipinski definition) is 0. The van der Waals surface area contributed by atoms with E-state index < -0.39 is 0 Å². The number of fused-ring (bicyclic) bond motifs is 6. The summed E-state index contributed by atoms with van der Waals surface area (Å²) in [5, 5.41) is 6.14. The highest BCUT2D eigenvalue weighted by atomic mass is 32.1. The molecule has 64 heavy (non-hydrogen) atoms. The molecule has 0 saturated carbocycles. The van der Waals surface area contributed by atoms with Crippen LogP contribution in [0.5, 0.6) is 0 Å². The minimum Gasteiger partial charge on any atom is -0.248 e. The van der Waals surface area contributed by atoms with E-state index in [0.717, 1.165) is 61.5 Å². The predicted molar refractivity (Wildman–Crippen MR) is 273 cm³/mol. The third-order valence-corrected chi connectivity index (χ3v) is 13.9. The first-order chi connectivity index (χ1) is 31.6. The van der Waals surface area contributed by atoms with Gasteiger partial charge in [0.05, 0.1) is 22.6 Å². The maximum Gasteiger partial charge on any atom is 0.0744 e. The second-order valence-corrected chi connectivity index (χ2v) is 17.6. The van der Waals surface area contributed by atoms with Crippen LogP contribution in [0.25, 0.3) is 120 Å². The smallest absolute Gasteiger partial charge is 0.0744 e. The van der Waals surface area contributed by atoms with Gasteiger partial charge in [-0.15, -0.1) is 11.3 Å². The zero-order chi connectivity index (χ0) is 42.6. The monoisotopic (exact) mass is 832 g/mol. The molecule has 3 heteroatoms. The number of benzene rings is 9. The molecule has 0 amide bonds. The quantitative estimate of drug-likeness (QED) is 0.150. The molecule has 2 nitrogen and oxygen atoms in total. The summed E-state index contributed by atoms with van der Waals surface area (Å²) in [7, 11) is 0. The number of nitrogens with zero attached hydrogens (tertiary/aromatic N) is 2. The lowest BCUT2D eigenvalue weighted by atomic mass is 9.89. The number of thiophene rings is 1. The van der Waals surface area contributed by atoms with Gasteiger partial charge < -0.3 is 0 Å². The van der Waals surface area contributed by atoms with E-state index in [-0.39, 0.29) is 0 Å². The Labute approximate surface area is 376 Å². The van der Waals surface area contributed by atoms with E-state index in [1.807, 2.05) is 11.3 Å². The summed E-state index contributed by atoms with van der Waals surface area (Å²) in [5.41, 5.74) is 17.5. The van der Waals surface area contributed by atoms with Crippen molar-refractivity contribution in [2.45, 2.75) is 6.92 Å². The summed E-state index contributed by atoms with van der Waals surface area (Å²) in [6.45, 7) is 2.22. The van der Waals surface area contributed by atoms with Crippen molar-refractivity contribution in [2.75, 3.05) is 0 Å². The Morgan fingerprint density at radius 2 is 0.906 bits per heavy atom. The second kappa shape index (κ2) is 15.7. The average molecular weight is 833 g/mol. The van der Waals surface area contributed by atoms with Crippen LogP contribution in [0.1, 0.15) is 5.56 Å². The fourth-order valence-corrected chi connectivity index (χ4v) is 10.7. The summed E-state index contributed by atoms with van der Waals surface area (Å²) in [5.74, 6) is 0. The van der Waals surface area contributed by atoms with Gasteiger partial charge in [0.25, 0.3) is 0 Å². The van der Waals surface area contributed by atoms with Crippen LogP contribution in [0.3, 0.4) is 0 Å². The van der Waals surface area contributed by atoms with Crippen molar-refractivity contribution in [3.63, 3.8) is 0 Å². The molecule has 0 aliphatic heterocycles.